The predicted molar refractivity (Wildman–Crippen MR) is 150 cm³/mol. The van der Waals surface area contributed by atoms with Crippen LogP contribution < -0.4 is 20.1 Å². The average molecular weight is 592 g/mol. The molecule has 1 atom stereocenters. The summed E-state index contributed by atoms with van der Waals surface area (Å²) in [6.07, 6.45) is 1.44. The van der Waals surface area contributed by atoms with Gasteiger partial charge in [-0.3, -0.25) is 4.79 Å². The number of anilines is 2. The van der Waals surface area contributed by atoms with Gasteiger partial charge in [0, 0.05) is 16.9 Å². The molecule has 3 aromatic carbocycles. The first-order chi connectivity index (χ1) is 18.9. The highest BCUT2D eigenvalue weighted by molar-refractivity contribution is 9.10. The van der Waals surface area contributed by atoms with Crippen LogP contribution in [-0.4, -0.2) is 27.3 Å². The van der Waals surface area contributed by atoms with Crippen LogP contribution in [0, 0.1) is 12.7 Å². The van der Waals surface area contributed by atoms with Crippen molar-refractivity contribution in [1.29, 1.82) is 0 Å². The Bertz CT molecular complexity index is 1570. The molecule has 39 heavy (non-hydrogen) atoms. The largest absolute Gasteiger partial charge is 0.490 e. The van der Waals surface area contributed by atoms with Gasteiger partial charge in [-0.25, -0.2) is 9.07 Å². The van der Waals surface area contributed by atoms with E-state index >= 15 is 0 Å². The third-order valence-electron chi connectivity index (χ3n) is 6.41. The third-order valence-corrected chi connectivity index (χ3v) is 7.00. The van der Waals surface area contributed by atoms with Crippen LogP contribution in [0.1, 0.15) is 36.6 Å². The van der Waals surface area contributed by atoms with Crippen LogP contribution in [0.4, 0.5) is 16.0 Å². The quantitative estimate of drug-likeness (QED) is 0.246. The summed E-state index contributed by atoms with van der Waals surface area (Å²) in [6.45, 7) is 6.04. The molecule has 1 aliphatic heterocycles. The zero-order valence-electron chi connectivity index (χ0n) is 21.7. The molecule has 1 unspecified atom stereocenters. The zero-order valence-corrected chi connectivity index (χ0v) is 23.3. The van der Waals surface area contributed by atoms with Gasteiger partial charge < -0.3 is 20.1 Å². The van der Waals surface area contributed by atoms with Gasteiger partial charge in [-0.05, 0) is 72.1 Å². The van der Waals surface area contributed by atoms with Crippen LogP contribution in [0.5, 0.6) is 11.5 Å². The van der Waals surface area contributed by atoms with Gasteiger partial charge in [0.15, 0.2) is 11.5 Å². The summed E-state index contributed by atoms with van der Waals surface area (Å²) < 4.78 is 28.4. The van der Waals surface area contributed by atoms with Crippen molar-refractivity contribution in [1.82, 2.24) is 14.8 Å². The molecular formula is C29H27BrFN5O3. The van der Waals surface area contributed by atoms with E-state index in [9.17, 15) is 9.18 Å². The summed E-state index contributed by atoms with van der Waals surface area (Å²) in [7, 11) is 0. The Morgan fingerprint density at radius 3 is 2.67 bits per heavy atom. The number of para-hydroxylation sites is 1. The van der Waals surface area contributed by atoms with E-state index in [4.69, 9.17) is 9.47 Å². The van der Waals surface area contributed by atoms with Gasteiger partial charge in [0.1, 0.15) is 24.8 Å². The first kappa shape index (κ1) is 26.4. The Morgan fingerprint density at radius 1 is 1.13 bits per heavy atom. The lowest BCUT2D eigenvalue weighted by Crippen LogP contribution is -2.31. The van der Waals surface area contributed by atoms with Gasteiger partial charge in [-0.1, -0.05) is 36.4 Å². The van der Waals surface area contributed by atoms with Crippen LogP contribution in [0.25, 0.3) is 0 Å². The van der Waals surface area contributed by atoms with Crippen LogP contribution in [0.15, 0.2) is 82.7 Å². The Hall–Kier alpha value is -4.18. The van der Waals surface area contributed by atoms with Crippen molar-refractivity contribution in [2.75, 3.05) is 17.2 Å². The smallest absolute Gasteiger partial charge is 0.255 e. The number of nitrogens with one attached hydrogen (secondary N) is 2. The number of hydrogen-bond acceptors (Lipinski definition) is 6. The van der Waals surface area contributed by atoms with Gasteiger partial charge in [-0.2, -0.15) is 10.1 Å². The number of amides is 1. The molecule has 0 saturated heterocycles. The second-order valence-corrected chi connectivity index (χ2v) is 9.86. The molecule has 1 aliphatic rings. The minimum Gasteiger partial charge on any atom is -0.490 e. The van der Waals surface area contributed by atoms with Gasteiger partial charge >= 0.3 is 0 Å². The van der Waals surface area contributed by atoms with Gasteiger partial charge in [0.05, 0.1) is 16.7 Å². The number of ether oxygens (including phenoxy) is 2. The Balaban J connectivity index is 1.54. The van der Waals surface area contributed by atoms with E-state index in [1.54, 1.807) is 22.9 Å². The Kier molecular flexibility index (Phi) is 7.65. The molecule has 8 nitrogen and oxygen atoms in total. The summed E-state index contributed by atoms with van der Waals surface area (Å²) in [5, 5.41) is 10.6. The second kappa shape index (κ2) is 11.3. The summed E-state index contributed by atoms with van der Waals surface area (Å²) in [5.41, 5.74) is 3.95. The fourth-order valence-corrected chi connectivity index (χ4v) is 5.08. The molecule has 2 N–H and O–H groups in total. The maximum Gasteiger partial charge on any atom is 0.255 e. The van der Waals surface area contributed by atoms with Crippen LogP contribution in [0.2, 0.25) is 0 Å². The molecule has 0 aliphatic carbocycles. The summed E-state index contributed by atoms with van der Waals surface area (Å²) >= 11 is 3.62. The van der Waals surface area contributed by atoms with Gasteiger partial charge in [-0.15, -0.1) is 0 Å². The van der Waals surface area contributed by atoms with Gasteiger partial charge in [0.25, 0.3) is 5.91 Å². The minimum atomic E-state index is -0.608. The number of hydrogen-bond donors (Lipinski definition) is 2. The number of carbonyl (C=O) groups is 1. The SMILES string of the molecule is CCOc1cc(C2C(C(=O)Nc3ccccc3C)=C(C)Nc3ncnn32)cc(Br)c1OCc1ccccc1F. The molecule has 0 spiro atoms. The molecule has 200 valence electrons. The maximum atomic E-state index is 14.2. The molecule has 5 rings (SSSR count). The Labute approximate surface area is 234 Å². The van der Waals surface area contributed by atoms with E-state index in [0.29, 0.717) is 45.4 Å². The number of carbonyl (C=O) groups excluding carboxylic acids is 1. The van der Waals surface area contributed by atoms with E-state index in [1.807, 2.05) is 57.2 Å². The number of nitrogens with zero attached hydrogens (tertiary/aromatic N) is 3. The van der Waals surface area contributed by atoms with Crippen molar-refractivity contribution >= 4 is 33.5 Å². The lowest BCUT2D eigenvalue weighted by Gasteiger charge is -2.29. The molecule has 0 saturated carbocycles. The van der Waals surface area contributed by atoms with Crippen molar-refractivity contribution in [3.05, 3.63) is 105 Å². The number of rotatable bonds is 8. The number of aryl methyl sites for hydroxylation is 1. The lowest BCUT2D eigenvalue weighted by molar-refractivity contribution is -0.113. The molecule has 0 bridgehead atoms. The van der Waals surface area contributed by atoms with Crippen molar-refractivity contribution in [3.8, 4) is 11.5 Å². The standard InChI is InChI=1S/C29H27BrFN5O3/c1-4-38-24-14-20(13-21(30)27(24)39-15-19-10-6-7-11-22(19)31)26-25(18(3)34-29-32-16-33-36(26)29)28(37)35-23-12-8-5-9-17(23)2/h5-14,16,26H,4,15H2,1-3H3,(H,35,37)(H,32,33,34). The average Bonchev–Trinajstić information content (AvgIpc) is 3.37. The monoisotopic (exact) mass is 591 g/mol. The molecule has 1 aromatic heterocycles. The number of aromatic nitrogens is 3. The molecule has 4 aromatic rings. The Morgan fingerprint density at radius 2 is 1.90 bits per heavy atom. The third kappa shape index (κ3) is 5.37. The first-order valence-corrected chi connectivity index (χ1v) is 13.2. The van der Waals surface area contributed by atoms with Gasteiger partial charge in [0.2, 0.25) is 5.95 Å². The van der Waals surface area contributed by atoms with Crippen molar-refractivity contribution in [3.63, 3.8) is 0 Å². The molecule has 10 heteroatoms. The first-order valence-electron chi connectivity index (χ1n) is 12.4. The fourth-order valence-electron chi connectivity index (χ4n) is 4.51. The van der Waals surface area contributed by atoms with Crippen LogP contribution in [0.3, 0.4) is 0 Å². The second-order valence-electron chi connectivity index (χ2n) is 9.01. The number of allylic oxidation sites excluding steroid dienone is 1. The van der Waals surface area contributed by atoms with E-state index in [2.05, 4.69) is 36.6 Å². The highest BCUT2D eigenvalue weighted by atomic mass is 79.9. The molecule has 2 heterocycles. The summed E-state index contributed by atoms with van der Waals surface area (Å²) in [6, 6.07) is 17.1. The maximum absolute atomic E-state index is 14.2. The molecule has 0 fully saturated rings. The highest BCUT2D eigenvalue weighted by Gasteiger charge is 2.34. The molecule has 1 amide bonds. The van der Waals surface area contributed by atoms with Crippen molar-refractivity contribution < 1.29 is 18.7 Å². The fraction of sp³-hybridized carbons (Fsp3) is 0.207. The normalized spacial score (nSPS) is 14.4. The van der Waals surface area contributed by atoms with Crippen molar-refractivity contribution in [2.24, 2.45) is 0 Å². The number of halogens is 2. The van der Waals surface area contributed by atoms with Crippen LogP contribution in [-0.2, 0) is 11.4 Å². The molecule has 0 radical (unpaired) electrons. The summed E-state index contributed by atoms with van der Waals surface area (Å²) in [5.74, 6) is 0.785. The predicted octanol–water partition coefficient (Wildman–Crippen LogP) is 6.39. The highest BCUT2D eigenvalue weighted by Crippen LogP contribution is 2.43. The van der Waals surface area contributed by atoms with Crippen LogP contribution >= 0.6 is 15.9 Å². The molecular weight excluding hydrogens is 565 g/mol. The van der Waals surface area contributed by atoms with E-state index < -0.39 is 6.04 Å². The summed E-state index contributed by atoms with van der Waals surface area (Å²) in [4.78, 5) is 18.0. The van der Waals surface area contributed by atoms with Crippen molar-refractivity contribution in [2.45, 2.75) is 33.4 Å². The topological polar surface area (TPSA) is 90.3 Å². The number of fused-ring (bicyclic) bond motifs is 1. The van der Waals surface area contributed by atoms with E-state index in [0.717, 1.165) is 16.8 Å². The van der Waals surface area contributed by atoms with E-state index in [-0.39, 0.29) is 18.3 Å². The lowest BCUT2D eigenvalue weighted by atomic mass is 9.94. The van der Waals surface area contributed by atoms with E-state index in [1.165, 1.54) is 12.4 Å². The number of benzene rings is 3. The zero-order chi connectivity index (χ0) is 27.5. The minimum absolute atomic E-state index is 0.0222.